The maximum atomic E-state index is 13.3. The third-order valence-electron chi connectivity index (χ3n) is 6.67. The minimum atomic E-state index is -4.55. The molecule has 0 saturated heterocycles. The minimum Gasteiger partial charge on any atom is -0.340 e. The smallest absolute Gasteiger partial charge is 0.340 e. The van der Waals surface area contributed by atoms with Crippen molar-refractivity contribution in [2.75, 3.05) is 5.32 Å². The first kappa shape index (κ1) is 26.7. The average Bonchev–Trinajstić information content (AvgIpc) is 3.66. The van der Waals surface area contributed by atoms with Crippen molar-refractivity contribution in [1.29, 1.82) is 0 Å². The fourth-order valence-electron chi connectivity index (χ4n) is 4.58. The number of carbonyl (C=O) groups excluding carboxylic acids is 2. The molecule has 0 aliphatic carbocycles. The molecule has 0 aliphatic heterocycles. The fourth-order valence-corrected chi connectivity index (χ4v) is 4.58. The molecule has 42 heavy (non-hydrogen) atoms. The van der Waals surface area contributed by atoms with E-state index in [-0.39, 0.29) is 23.5 Å². The van der Waals surface area contributed by atoms with E-state index >= 15 is 0 Å². The largest absolute Gasteiger partial charge is 0.416 e. The molecule has 4 N–H and O–H groups in total. The van der Waals surface area contributed by atoms with E-state index < -0.39 is 29.6 Å². The molecule has 3 aromatic heterocycles. The summed E-state index contributed by atoms with van der Waals surface area (Å²) in [5.74, 6) is -0.586. The van der Waals surface area contributed by atoms with Crippen molar-refractivity contribution in [3.63, 3.8) is 0 Å². The van der Waals surface area contributed by atoms with E-state index in [0.717, 1.165) is 22.9 Å². The first-order valence-corrected chi connectivity index (χ1v) is 12.8. The molecule has 0 fully saturated rings. The summed E-state index contributed by atoms with van der Waals surface area (Å²) < 4.78 is 39.8. The second-order valence-corrected chi connectivity index (χ2v) is 9.59. The molecule has 1 unspecified atom stereocenters. The molecule has 6 aromatic rings. The van der Waals surface area contributed by atoms with Crippen LogP contribution in [-0.4, -0.2) is 42.8 Å². The van der Waals surface area contributed by atoms with Gasteiger partial charge in [-0.15, -0.1) is 0 Å². The van der Waals surface area contributed by atoms with Crippen molar-refractivity contribution in [3.05, 3.63) is 108 Å². The highest BCUT2D eigenvalue weighted by Gasteiger charge is 2.31. The van der Waals surface area contributed by atoms with Gasteiger partial charge in [-0.3, -0.25) is 19.9 Å². The Bertz CT molecular complexity index is 1920. The number of hydrogen-bond acceptors (Lipinski definition) is 5. The van der Waals surface area contributed by atoms with Crippen LogP contribution in [-0.2, 0) is 17.4 Å². The topological polar surface area (TPSA) is 128 Å². The lowest BCUT2D eigenvalue weighted by Crippen LogP contribution is -2.45. The molecule has 0 radical (unpaired) electrons. The van der Waals surface area contributed by atoms with Crippen LogP contribution in [0.15, 0.2) is 91.4 Å². The summed E-state index contributed by atoms with van der Waals surface area (Å²) in [6.45, 7) is 0. The van der Waals surface area contributed by atoms with Gasteiger partial charge < -0.3 is 15.3 Å². The number of halogens is 3. The number of nitrogens with one attached hydrogen (secondary N) is 4. The molecule has 1 atom stereocenters. The van der Waals surface area contributed by atoms with E-state index in [9.17, 15) is 22.8 Å². The van der Waals surface area contributed by atoms with Crippen LogP contribution in [0.1, 0.15) is 21.5 Å². The van der Waals surface area contributed by atoms with Crippen LogP contribution in [0.5, 0.6) is 0 Å². The van der Waals surface area contributed by atoms with Crippen LogP contribution < -0.4 is 10.6 Å². The van der Waals surface area contributed by atoms with Gasteiger partial charge in [0, 0.05) is 36.0 Å². The summed E-state index contributed by atoms with van der Waals surface area (Å²) in [6.07, 6.45) is -0.0537. The standard InChI is InChI=1S/C30H22F3N7O2/c31-30(32,33)21-7-3-4-17(12-21)13-25(28(42)40-29-34-10-11-35-29)39-27(41)19-8-9-22-23(15-19)38-26(37-22)24-14-18-5-1-2-6-20(18)16-36-24/h1-12,14-16,25H,13H2,(H,37,38)(H,39,41)(H2,34,35,40,42). The van der Waals surface area contributed by atoms with Gasteiger partial charge in [0.25, 0.3) is 5.91 Å². The van der Waals surface area contributed by atoms with Crippen molar-refractivity contribution in [2.24, 2.45) is 0 Å². The third-order valence-corrected chi connectivity index (χ3v) is 6.67. The van der Waals surface area contributed by atoms with Crippen molar-refractivity contribution in [3.8, 4) is 11.5 Å². The molecule has 12 heteroatoms. The molecule has 210 valence electrons. The van der Waals surface area contributed by atoms with Crippen molar-refractivity contribution in [1.82, 2.24) is 30.2 Å². The molecule has 0 bridgehead atoms. The van der Waals surface area contributed by atoms with Gasteiger partial charge in [-0.2, -0.15) is 13.2 Å². The first-order chi connectivity index (χ1) is 20.2. The minimum absolute atomic E-state index is 0.136. The van der Waals surface area contributed by atoms with Gasteiger partial charge in [-0.05, 0) is 41.3 Å². The summed E-state index contributed by atoms with van der Waals surface area (Å²) in [6, 6.07) is 18.0. The van der Waals surface area contributed by atoms with Gasteiger partial charge in [0.1, 0.15) is 11.7 Å². The molecular weight excluding hydrogens is 547 g/mol. The van der Waals surface area contributed by atoms with E-state index in [0.29, 0.717) is 22.6 Å². The van der Waals surface area contributed by atoms with Gasteiger partial charge in [0.15, 0.2) is 5.82 Å². The van der Waals surface area contributed by atoms with Crippen LogP contribution in [0, 0.1) is 0 Å². The number of rotatable bonds is 7. The Kier molecular flexibility index (Phi) is 6.87. The van der Waals surface area contributed by atoms with E-state index in [1.807, 2.05) is 30.3 Å². The lowest BCUT2D eigenvalue weighted by atomic mass is 10.0. The second kappa shape index (κ2) is 10.8. The number of aromatic nitrogens is 5. The number of pyridine rings is 1. The summed E-state index contributed by atoms with van der Waals surface area (Å²) in [4.78, 5) is 45.3. The Labute approximate surface area is 236 Å². The van der Waals surface area contributed by atoms with Crippen LogP contribution in [0.4, 0.5) is 19.1 Å². The Hall–Kier alpha value is -5.52. The highest BCUT2D eigenvalue weighted by molar-refractivity contribution is 6.02. The summed E-state index contributed by atoms with van der Waals surface area (Å²) in [7, 11) is 0. The van der Waals surface area contributed by atoms with Crippen molar-refractivity contribution >= 4 is 39.6 Å². The number of amides is 2. The van der Waals surface area contributed by atoms with Crippen LogP contribution in [0.3, 0.4) is 0 Å². The van der Waals surface area contributed by atoms with Crippen molar-refractivity contribution in [2.45, 2.75) is 18.6 Å². The van der Waals surface area contributed by atoms with Crippen LogP contribution in [0.25, 0.3) is 33.3 Å². The quantitative estimate of drug-likeness (QED) is 0.202. The van der Waals surface area contributed by atoms with E-state index in [1.165, 1.54) is 24.5 Å². The number of fused-ring (bicyclic) bond motifs is 2. The van der Waals surface area contributed by atoms with E-state index in [1.54, 1.807) is 24.4 Å². The zero-order valence-corrected chi connectivity index (χ0v) is 21.7. The first-order valence-electron chi connectivity index (χ1n) is 12.8. The number of benzene rings is 3. The maximum absolute atomic E-state index is 13.3. The number of H-pyrrole nitrogens is 2. The second-order valence-electron chi connectivity index (χ2n) is 9.59. The van der Waals surface area contributed by atoms with Gasteiger partial charge in [-0.25, -0.2) is 9.97 Å². The van der Waals surface area contributed by atoms with Gasteiger partial charge >= 0.3 is 6.18 Å². The lowest BCUT2D eigenvalue weighted by molar-refractivity contribution is -0.137. The van der Waals surface area contributed by atoms with E-state index in [4.69, 9.17) is 0 Å². The fraction of sp³-hybridized carbons (Fsp3) is 0.100. The summed E-state index contributed by atoms with van der Waals surface area (Å²) in [5.41, 5.74) is 1.41. The number of imidazole rings is 2. The van der Waals surface area contributed by atoms with Crippen molar-refractivity contribution < 1.29 is 22.8 Å². The molecule has 2 amide bonds. The summed E-state index contributed by atoms with van der Waals surface area (Å²) >= 11 is 0. The molecular formula is C30H22F3N7O2. The number of carbonyl (C=O) groups is 2. The molecule has 0 saturated carbocycles. The normalized spacial score (nSPS) is 12.4. The Morgan fingerprint density at radius 1 is 0.929 bits per heavy atom. The van der Waals surface area contributed by atoms with Gasteiger partial charge in [0.05, 0.1) is 16.6 Å². The molecule has 0 spiro atoms. The van der Waals surface area contributed by atoms with Gasteiger partial charge in [0.2, 0.25) is 11.9 Å². The highest BCUT2D eigenvalue weighted by atomic mass is 19.4. The van der Waals surface area contributed by atoms with E-state index in [2.05, 4.69) is 35.6 Å². The monoisotopic (exact) mass is 569 g/mol. The molecule has 3 heterocycles. The molecule has 0 aliphatic rings. The number of anilines is 1. The molecule has 9 nitrogen and oxygen atoms in total. The Morgan fingerprint density at radius 2 is 1.76 bits per heavy atom. The maximum Gasteiger partial charge on any atom is 0.416 e. The lowest BCUT2D eigenvalue weighted by Gasteiger charge is -2.19. The van der Waals surface area contributed by atoms with Crippen LogP contribution in [0.2, 0.25) is 0 Å². The third kappa shape index (κ3) is 5.68. The van der Waals surface area contributed by atoms with Gasteiger partial charge in [-0.1, -0.05) is 42.5 Å². The predicted octanol–water partition coefficient (Wildman–Crippen LogP) is 5.50. The number of aromatic amines is 2. The number of nitrogens with zero attached hydrogens (tertiary/aromatic N) is 3. The van der Waals surface area contributed by atoms with Crippen LogP contribution >= 0.6 is 0 Å². The number of alkyl halides is 3. The average molecular weight is 570 g/mol. The Morgan fingerprint density at radius 3 is 2.55 bits per heavy atom. The molecule has 3 aromatic carbocycles. The summed E-state index contributed by atoms with van der Waals surface area (Å²) in [5, 5.41) is 7.19. The predicted molar refractivity (Wildman–Crippen MR) is 150 cm³/mol. The Balaban J connectivity index is 1.26. The SMILES string of the molecule is O=C(NC(Cc1cccc(C(F)(F)F)c1)C(=O)Nc1ncc[nH]1)c1ccc2nc(-c3cc4ccccc4cn3)[nH]c2c1. The zero-order valence-electron chi connectivity index (χ0n) is 21.7. The number of hydrogen-bond donors (Lipinski definition) is 4. The molecule has 6 rings (SSSR count). The highest BCUT2D eigenvalue weighted by Crippen LogP contribution is 2.30. The zero-order chi connectivity index (χ0) is 29.3.